The van der Waals surface area contributed by atoms with Crippen molar-refractivity contribution in [2.45, 2.75) is 0 Å². The number of aromatic nitrogens is 3. The third-order valence-corrected chi connectivity index (χ3v) is 3.44. The van der Waals surface area contributed by atoms with E-state index in [4.69, 9.17) is 0 Å². The molecule has 4 rings (SSSR count). The van der Waals surface area contributed by atoms with Gasteiger partial charge in [-0.1, -0.05) is 12.1 Å². The SMILES string of the molecule is Fc1ccc(F)c(Nc2nc3ccccc3n3cncc23)c1. The third-order valence-electron chi connectivity index (χ3n) is 3.44. The number of hydrogen-bond donors (Lipinski definition) is 1. The Morgan fingerprint density at radius 2 is 1.86 bits per heavy atom. The average Bonchev–Trinajstić information content (AvgIpc) is 3.01. The Hall–Kier alpha value is -3.02. The lowest BCUT2D eigenvalue weighted by atomic mass is 10.2. The molecule has 1 N–H and O–H groups in total. The Kier molecular flexibility index (Phi) is 2.75. The van der Waals surface area contributed by atoms with Crippen LogP contribution in [0.4, 0.5) is 20.3 Å². The standard InChI is InChI=1S/C16H10F2N4/c17-10-5-6-11(18)13(7-10)21-16-15-8-19-9-22(15)14-4-2-1-3-12(14)20-16/h1-9H,(H,20,21). The van der Waals surface area contributed by atoms with Gasteiger partial charge in [0, 0.05) is 6.07 Å². The fourth-order valence-corrected chi connectivity index (χ4v) is 2.42. The summed E-state index contributed by atoms with van der Waals surface area (Å²) in [7, 11) is 0. The van der Waals surface area contributed by atoms with Gasteiger partial charge in [0.05, 0.1) is 29.2 Å². The van der Waals surface area contributed by atoms with Gasteiger partial charge < -0.3 is 5.32 Å². The van der Waals surface area contributed by atoms with Crippen molar-refractivity contribution in [2.75, 3.05) is 5.32 Å². The van der Waals surface area contributed by atoms with Crippen LogP contribution in [0.25, 0.3) is 16.6 Å². The summed E-state index contributed by atoms with van der Waals surface area (Å²) in [6.45, 7) is 0. The van der Waals surface area contributed by atoms with E-state index in [9.17, 15) is 8.78 Å². The summed E-state index contributed by atoms with van der Waals surface area (Å²) in [5.74, 6) is -0.649. The van der Waals surface area contributed by atoms with E-state index in [1.807, 2.05) is 28.7 Å². The molecule has 0 spiro atoms. The van der Waals surface area contributed by atoms with Gasteiger partial charge in [0.1, 0.15) is 17.2 Å². The molecule has 6 heteroatoms. The molecule has 0 amide bonds. The first kappa shape index (κ1) is 12.7. The molecule has 2 aromatic heterocycles. The van der Waals surface area contributed by atoms with Crippen LogP contribution in [0, 0.1) is 11.6 Å². The molecule has 0 fully saturated rings. The number of imidazole rings is 1. The molecule has 22 heavy (non-hydrogen) atoms. The van der Waals surface area contributed by atoms with Gasteiger partial charge in [0.25, 0.3) is 0 Å². The molecule has 4 nitrogen and oxygen atoms in total. The Morgan fingerprint density at radius 1 is 1.00 bits per heavy atom. The second-order valence-corrected chi connectivity index (χ2v) is 4.85. The Morgan fingerprint density at radius 3 is 2.77 bits per heavy atom. The van der Waals surface area contributed by atoms with Crippen LogP contribution in [0.5, 0.6) is 0 Å². The minimum Gasteiger partial charge on any atom is -0.336 e. The van der Waals surface area contributed by atoms with Gasteiger partial charge in [0.2, 0.25) is 0 Å². The molecule has 0 aliphatic heterocycles. The quantitative estimate of drug-likeness (QED) is 0.610. The van der Waals surface area contributed by atoms with Crippen LogP contribution in [0.15, 0.2) is 55.0 Å². The van der Waals surface area contributed by atoms with Crippen LogP contribution in [-0.2, 0) is 0 Å². The predicted octanol–water partition coefficient (Wildman–Crippen LogP) is 3.90. The molecule has 0 aliphatic carbocycles. The first-order valence-corrected chi connectivity index (χ1v) is 6.65. The lowest BCUT2D eigenvalue weighted by molar-refractivity contribution is 0.603. The lowest BCUT2D eigenvalue weighted by Crippen LogP contribution is -2.01. The van der Waals surface area contributed by atoms with Crippen LogP contribution >= 0.6 is 0 Å². The average molecular weight is 296 g/mol. The van der Waals surface area contributed by atoms with Gasteiger partial charge in [-0.05, 0) is 24.3 Å². The van der Waals surface area contributed by atoms with E-state index < -0.39 is 11.6 Å². The van der Waals surface area contributed by atoms with Crippen molar-refractivity contribution in [3.63, 3.8) is 0 Å². The van der Waals surface area contributed by atoms with Gasteiger partial charge >= 0.3 is 0 Å². The zero-order valence-corrected chi connectivity index (χ0v) is 11.3. The molecule has 0 saturated carbocycles. The number of benzene rings is 2. The first-order valence-electron chi connectivity index (χ1n) is 6.65. The van der Waals surface area contributed by atoms with Gasteiger partial charge in [0.15, 0.2) is 5.82 Å². The summed E-state index contributed by atoms with van der Waals surface area (Å²) in [6.07, 6.45) is 3.28. The number of nitrogens with zero attached hydrogens (tertiary/aromatic N) is 3. The van der Waals surface area contributed by atoms with E-state index in [0.717, 1.165) is 29.2 Å². The fourth-order valence-electron chi connectivity index (χ4n) is 2.42. The monoisotopic (exact) mass is 296 g/mol. The van der Waals surface area contributed by atoms with Crippen molar-refractivity contribution in [2.24, 2.45) is 0 Å². The molecule has 0 atom stereocenters. The second kappa shape index (κ2) is 4.77. The number of anilines is 2. The van der Waals surface area contributed by atoms with E-state index in [2.05, 4.69) is 15.3 Å². The summed E-state index contributed by atoms with van der Waals surface area (Å²) in [4.78, 5) is 8.59. The van der Waals surface area contributed by atoms with Crippen molar-refractivity contribution >= 4 is 28.1 Å². The highest BCUT2D eigenvalue weighted by Crippen LogP contribution is 2.26. The number of para-hydroxylation sites is 2. The molecule has 0 aliphatic rings. The third kappa shape index (κ3) is 1.96. The first-order chi connectivity index (χ1) is 10.7. The van der Waals surface area contributed by atoms with Gasteiger partial charge in [-0.25, -0.2) is 18.7 Å². The lowest BCUT2D eigenvalue weighted by Gasteiger charge is -2.10. The van der Waals surface area contributed by atoms with Gasteiger partial charge in [-0.3, -0.25) is 4.40 Å². The van der Waals surface area contributed by atoms with Crippen molar-refractivity contribution in [3.05, 3.63) is 66.6 Å². The molecular formula is C16H10F2N4. The fraction of sp³-hybridized carbons (Fsp3) is 0. The van der Waals surface area contributed by atoms with Crippen molar-refractivity contribution in [3.8, 4) is 0 Å². The molecule has 0 radical (unpaired) electrons. The molecule has 2 heterocycles. The number of halogens is 2. The topological polar surface area (TPSA) is 42.2 Å². The molecule has 0 unspecified atom stereocenters. The highest BCUT2D eigenvalue weighted by atomic mass is 19.1. The van der Waals surface area contributed by atoms with Crippen LogP contribution < -0.4 is 5.32 Å². The summed E-state index contributed by atoms with van der Waals surface area (Å²) < 4.78 is 29.0. The summed E-state index contributed by atoms with van der Waals surface area (Å²) >= 11 is 0. The van der Waals surface area contributed by atoms with Gasteiger partial charge in [-0.2, -0.15) is 0 Å². The smallest absolute Gasteiger partial charge is 0.157 e. The summed E-state index contributed by atoms with van der Waals surface area (Å²) in [5.41, 5.74) is 2.33. The molecular weight excluding hydrogens is 286 g/mol. The highest BCUT2D eigenvalue weighted by molar-refractivity contribution is 5.85. The number of nitrogens with one attached hydrogen (secondary N) is 1. The molecule has 108 valence electrons. The molecule has 4 aromatic rings. The van der Waals surface area contributed by atoms with E-state index in [1.165, 1.54) is 0 Å². The zero-order chi connectivity index (χ0) is 15.1. The minimum absolute atomic E-state index is 0.0332. The maximum Gasteiger partial charge on any atom is 0.157 e. The van der Waals surface area contributed by atoms with Crippen molar-refractivity contribution < 1.29 is 8.78 Å². The normalized spacial score (nSPS) is 11.2. The second-order valence-electron chi connectivity index (χ2n) is 4.85. The van der Waals surface area contributed by atoms with E-state index in [-0.39, 0.29) is 5.69 Å². The summed E-state index contributed by atoms with van der Waals surface area (Å²) in [5, 5.41) is 2.85. The number of rotatable bonds is 2. The van der Waals surface area contributed by atoms with Crippen molar-refractivity contribution in [1.29, 1.82) is 0 Å². The Labute approximate surface area is 124 Å². The van der Waals surface area contributed by atoms with Crippen LogP contribution in [0.1, 0.15) is 0 Å². The highest BCUT2D eigenvalue weighted by Gasteiger charge is 2.11. The van der Waals surface area contributed by atoms with Crippen LogP contribution in [0.2, 0.25) is 0 Å². The largest absolute Gasteiger partial charge is 0.336 e. The number of fused-ring (bicyclic) bond motifs is 3. The van der Waals surface area contributed by atoms with Crippen LogP contribution in [0.3, 0.4) is 0 Å². The molecule has 0 bridgehead atoms. The summed E-state index contributed by atoms with van der Waals surface area (Å²) in [6, 6.07) is 10.8. The maximum atomic E-state index is 13.8. The minimum atomic E-state index is -0.547. The van der Waals surface area contributed by atoms with E-state index >= 15 is 0 Å². The van der Waals surface area contributed by atoms with Crippen molar-refractivity contribution in [1.82, 2.24) is 14.4 Å². The molecule has 0 saturated heterocycles. The zero-order valence-electron chi connectivity index (χ0n) is 11.3. The predicted molar refractivity (Wildman–Crippen MR) is 80.1 cm³/mol. The van der Waals surface area contributed by atoms with Crippen LogP contribution in [-0.4, -0.2) is 14.4 Å². The Bertz CT molecular complexity index is 994. The van der Waals surface area contributed by atoms with Gasteiger partial charge in [-0.15, -0.1) is 0 Å². The maximum absolute atomic E-state index is 13.8. The van der Waals surface area contributed by atoms with E-state index in [1.54, 1.807) is 12.5 Å². The Balaban J connectivity index is 1.93. The van der Waals surface area contributed by atoms with E-state index in [0.29, 0.717) is 11.3 Å². The molecule has 2 aromatic carbocycles. The number of hydrogen-bond acceptors (Lipinski definition) is 3.